The zero-order valence-electron chi connectivity index (χ0n) is 26.2. The van der Waals surface area contributed by atoms with Crippen LogP contribution < -0.4 is 24.3 Å². The molecule has 0 saturated heterocycles. The Labute approximate surface area is 288 Å². The molecular weight excluding hydrogens is 663 g/mol. The van der Waals surface area contributed by atoms with E-state index in [0.29, 0.717) is 51.9 Å². The van der Waals surface area contributed by atoms with E-state index in [1.807, 2.05) is 43.3 Å². The summed E-state index contributed by atoms with van der Waals surface area (Å²) in [5, 5.41) is 52.7. The predicted molar refractivity (Wildman–Crippen MR) is 180 cm³/mol. The van der Waals surface area contributed by atoms with Crippen molar-refractivity contribution >= 4 is 23.2 Å². The van der Waals surface area contributed by atoms with Gasteiger partial charge in [0.05, 0.1) is 23.4 Å². The largest absolute Gasteiger partial charge is 0.487 e. The molecule has 0 aliphatic carbocycles. The average Bonchev–Trinajstić information content (AvgIpc) is 3.10. The Bertz CT molecular complexity index is 1690. The second-order valence-electron chi connectivity index (χ2n) is 11.3. The molecule has 256 valence electrons. The molecule has 2 heterocycles. The zero-order valence-corrected chi connectivity index (χ0v) is 27.7. The van der Waals surface area contributed by atoms with Crippen LogP contribution in [0.25, 0.3) is 11.1 Å². The lowest BCUT2D eigenvalue weighted by molar-refractivity contribution is -0.114. The van der Waals surface area contributed by atoms with Crippen molar-refractivity contribution in [3.05, 3.63) is 99.3 Å². The van der Waals surface area contributed by atoms with Crippen molar-refractivity contribution in [1.29, 1.82) is 0 Å². The number of fused-ring (bicyclic) bond motifs is 1. The van der Waals surface area contributed by atoms with E-state index in [2.05, 4.69) is 10.3 Å². The van der Waals surface area contributed by atoms with Crippen molar-refractivity contribution in [1.82, 2.24) is 10.3 Å². The van der Waals surface area contributed by atoms with E-state index >= 15 is 0 Å². The van der Waals surface area contributed by atoms with Gasteiger partial charge in [0.1, 0.15) is 61.4 Å². The molecule has 4 atom stereocenters. The summed E-state index contributed by atoms with van der Waals surface area (Å²) in [4.78, 5) is 4.27. The Balaban J connectivity index is 1.32. The van der Waals surface area contributed by atoms with E-state index in [1.54, 1.807) is 30.3 Å². The number of aromatic nitrogens is 1. The minimum atomic E-state index is -1.73. The molecule has 0 unspecified atom stereocenters. The first-order valence-electron chi connectivity index (χ1n) is 15.4. The van der Waals surface area contributed by atoms with Crippen molar-refractivity contribution in [2.75, 3.05) is 26.4 Å². The molecule has 3 aromatic carbocycles. The maximum absolute atomic E-state index is 10.3. The van der Waals surface area contributed by atoms with Gasteiger partial charge in [0.15, 0.2) is 11.5 Å². The lowest BCUT2D eigenvalue weighted by Crippen LogP contribution is -2.48. The van der Waals surface area contributed by atoms with Crippen molar-refractivity contribution < 1.29 is 44.5 Å². The van der Waals surface area contributed by atoms with E-state index in [9.17, 15) is 20.4 Å². The highest BCUT2D eigenvalue weighted by Crippen LogP contribution is 2.37. The molecule has 4 aromatic rings. The van der Waals surface area contributed by atoms with Crippen LogP contribution in [0.5, 0.6) is 23.0 Å². The second kappa shape index (κ2) is 16.6. The number of hydrogen-bond donors (Lipinski definition) is 6. The number of aliphatic hydroxyl groups excluding tert-OH is 5. The van der Waals surface area contributed by atoms with Crippen LogP contribution in [0, 0.1) is 6.92 Å². The molecule has 0 fully saturated rings. The molecule has 6 N–H and O–H groups in total. The number of nitrogens with zero attached hydrogens (tertiary/aromatic N) is 1. The van der Waals surface area contributed by atoms with Crippen LogP contribution in [0.4, 0.5) is 0 Å². The first-order valence-corrected chi connectivity index (χ1v) is 16.1. The van der Waals surface area contributed by atoms with Crippen LogP contribution in [0.3, 0.4) is 0 Å². The van der Waals surface area contributed by atoms with Gasteiger partial charge in [0.25, 0.3) is 0 Å². The highest BCUT2D eigenvalue weighted by molar-refractivity contribution is 6.32. The summed E-state index contributed by atoms with van der Waals surface area (Å²) in [7, 11) is 0. The lowest BCUT2D eigenvalue weighted by Gasteiger charge is -2.26. The van der Waals surface area contributed by atoms with Crippen LogP contribution in [0.15, 0.2) is 66.7 Å². The molecule has 1 aromatic heterocycles. The van der Waals surface area contributed by atoms with Crippen molar-refractivity contribution in [3.8, 4) is 34.1 Å². The maximum atomic E-state index is 10.3. The molecule has 48 heavy (non-hydrogen) atoms. The second-order valence-corrected chi connectivity index (χ2v) is 12.1. The highest BCUT2D eigenvalue weighted by Gasteiger charge is 2.29. The molecule has 0 bridgehead atoms. The smallest absolute Gasteiger partial charge is 0.161 e. The first kappa shape index (κ1) is 35.7. The Hall–Kier alpha value is -3.65. The monoisotopic (exact) mass is 700 g/mol. The highest BCUT2D eigenvalue weighted by atomic mass is 35.5. The SMILES string of the molecule is Cc1c(COc2cc(OCc3cccc(Cl)n3)c(CNC[C@H](O)[C@@H](O)[C@H](O)[C@H](O)CO)cc2Cl)cccc1-c1ccc2c(c1)OCCO2. The van der Waals surface area contributed by atoms with Gasteiger partial charge in [-0.05, 0) is 59.5 Å². The predicted octanol–water partition coefficient (Wildman–Crippen LogP) is 3.82. The van der Waals surface area contributed by atoms with Gasteiger partial charge in [-0.3, -0.25) is 0 Å². The fraction of sp³-hybridized carbons (Fsp3) is 0.343. The van der Waals surface area contributed by atoms with E-state index in [1.165, 1.54) is 0 Å². The Kier molecular flexibility index (Phi) is 12.4. The lowest BCUT2D eigenvalue weighted by atomic mass is 9.96. The molecule has 0 radical (unpaired) electrons. The van der Waals surface area contributed by atoms with Gasteiger partial charge in [-0.2, -0.15) is 0 Å². The minimum Gasteiger partial charge on any atom is -0.487 e. The van der Waals surface area contributed by atoms with Gasteiger partial charge in [-0.15, -0.1) is 0 Å². The van der Waals surface area contributed by atoms with Gasteiger partial charge >= 0.3 is 0 Å². The first-order chi connectivity index (χ1) is 23.1. The molecule has 0 saturated carbocycles. The summed E-state index contributed by atoms with van der Waals surface area (Å²) in [6.45, 7) is 2.62. The molecule has 0 amide bonds. The van der Waals surface area contributed by atoms with Gasteiger partial charge in [-0.25, -0.2) is 4.98 Å². The van der Waals surface area contributed by atoms with Crippen LogP contribution >= 0.6 is 23.2 Å². The van der Waals surface area contributed by atoms with Gasteiger partial charge < -0.3 is 49.8 Å². The van der Waals surface area contributed by atoms with Crippen molar-refractivity contribution in [2.45, 2.75) is 51.1 Å². The van der Waals surface area contributed by atoms with Gasteiger partial charge in [0.2, 0.25) is 0 Å². The quantitative estimate of drug-likeness (QED) is 0.100. The summed E-state index contributed by atoms with van der Waals surface area (Å²) in [6, 6.07) is 20.4. The number of nitrogens with one attached hydrogen (secondary N) is 1. The number of rotatable bonds is 15. The fourth-order valence-corrected chi connectivity index (χ4v) is 5.62. The summed E-state index contributed by atoms with van der Waals surface area (Å²) in [5.74, 6) is 2.25. The Morgan fingerprint density at radius 3 is 2.31 bits per heavy atom. The van der Waals surface area contributed by atoms with Crippen LogP contribution in [-0.4, -0.2) is 81.3 Å². The molecule has 1 aliphatic heterocycles. The number of ether oxygens (including phenoxy) is 4. The van der Waals surface area contributed by atoms with Crippen molar-refractivity contribution in [3.63, 3.8) is 0 Å². The van der Waals surface area contributed by atoms with Crippen LogP contribution in [0.2, 0.25) is 10.2 Å². The number of halogens is 2. The number of benzene rings is 3. The zero-order chi connectivity index (χ0) is 34.2. The molecule has 5 rings (SSSR count). The third kappa shape index (κ3) is 8.87. The average molecular weight is 702 g/mol. The van der Waals surface area contributed by atoms with Gasteiger partial charge in [0, 0.05) is 24.7 Å². The topological polar surface area (TPSA) is 163 Å². The van der Waals surface area contributed by atoms with Crippen LogP contribution in [0.1, 0.15) is 22.4 Å². The normalized spacial score (nSPS) is 15.0. The van der Waals surface area contributed by atoms with Crippen LogP contribution in [-0.2, 0) is 19.8 Å². The molecule has 13 heteroatoms. The van der Waals surface area contributed by atoms with Crippen molar-refractivity contribution in [2.24, 2.45) is 0 Å². The molecule has 11 nitrogen and oxygen atoms in total. The van der Waals surface area contributed by atoms with E-state index in [0.717, 1.165) is 28.0 Å². The Morgan fingerprint density at radius 1 is 0.812 bits per heavy atom. The fourth-order valence-electron chi connectivity index (χ4n) is 5.20. The number of aliphatic hydroxyl groups is 5. The molecule has 1 aliphatic rings. The third-order valence-corrected chi connectivity index (χ3v) is 8.45. The third-order valence-electron chi connectivity index (χ3n) is 7.94. The number of hydrogen-bond acceptors (Lipinski definition) is 11. The summed E-state index contributed by atoms with van der Waals surface area (Å²) < 4.78 is 23.8. The summed E-state index contributed by atoms with van der Waals surface area (Å²) in [5.41, 5.74) is 5.23. The standard InChI is InChI=1S/C35H38Cl2N2O9/c1-20-22(4-2-6-25(20)21-8-9-29-32(13-21)46-11-10-45-29)18-47-31-14-30(48-19-24-5-3-7-33(37)39-24)23(12-26(31)36)15-38-16-27(41)34(43)35(44)28(42)17-40/h2-9,12-14,27-28,34-35,38,40-44H,10-11,15-19H2,1H3/t27-,28+,34+,35+/m0/s1. The molecular formula is C35H38Cl2N2O9. The minimum absolute atomic E-state index is 0.0951. The summed E-state index contributed by atoms with van der Waals surface area (Å²) >= 11 is 12.7. The van der Waals surface area contributed by atoms with E-state index in [4.69, 9.17) is 47.3 Å². The van der Waals surface area contributed by atoms with Gasteiger partial charge in [-0.1, -0.05) is 53.5 Å². The number of pyridine rings is 1. The molecule has 0 spiro atoms. The summed E-state index contributed by atoms with van der Waals surface area (Å²) in [6.07, 6.45) is -6.46. The Morgan fingerprint density at radius 2 is 1.54 bits per heavy atom. The van der Waals surface area contributed by atoms with E-state index < -0.39 is 31.0 Å². The maximum Gasteiger partial charge on any atom is 0.161 e. The van der Waals surface area contributed by atoms with E-state index in [-0.39, 0.29) is 26.3 Å².